The van der Waals surface area contributed by atoms with Crippen molar-refractivity contribution in [2.75, 3.05) is 14.2 Å². The van der Waals surface area contributed by atoms with Crippen molar-refractivity contribution in [2.45, 2.75) is 0 Å². The first-order valence-electron chi connectivity index (χ1n) is 5.19. The number of ether oxygens (including phenoxy) is 2. The topological polar surface area (TPSA) is 84.2 Å². The molecule has 0 unspecified atom stereocenters. The summed E-state index contributed by atoms with van der Waals surface area (Å²) >= 11 is 0. The molecule has 0 saturated carbocycles. The second kappa shape index (κ2) is 4.79. The van der Waals surface area contributed by atoms with Gasteiger partial charge in [-0.1, -0.05) is 0 Å². The van der Waals surface area contributed by atoms with E-state index < -0.39 is 11.2 Å². The highest BCUT2D eigenvalue weighted by molar-refractivity contribution is 5.65. The molecule has 0 aliphatic carbocycles. The summed E-state index contributed by atoms with van der Waals surface area (Å²) in [6, 6.07) is 5.07. The van der Waals surface area contributed by atoms with Crippen molar-refractivity contribution in [1.29, 1.82) is 0 Å². The van der Waals surface area contributed by atoms with Gasteiger partial charge >= 0.3 is 5.69 Å². The zero-order valence-electron chi connectivity index (χ0n) is 9.94. The molecule has 1 aromatic heterocycles. The van der Waals surface area contributed by atoms with Gasteiger partial charge < -0.3 is 14.5 Å². The van der Waals surface area contributed by atoms with E-state index >= 15 is 0 Å². The third kappa shape index (κ3) is 2.27. The van der Waals surface area contributed by atoms with E-state index in [-0.39, 0.29) is 0 Å². The Kier molecular flexibility index (Phi) is 3.18. The van der Waals surface area contributed by atoms with E-state index in [4.69, 9.17) is 9.47 Å². The zero-order chi connectivity index (χ0) is 13.1. The maximum absolute atomic E-state index is 11.7. The van der Waals surface area contributed by atoms with Gasteiger partial charge in [0.25, 0.3) is 5.56 Å². The Hall–Kier alpha value is -2.50. The summed E-state index contributed by atoms with van der Waals surface area (Å²) in [4.78, 5) is 27.2. The molecule has 0 atom stereocenters. The van der Waals surface area contributed by atoms with E-state index in [1.165, 1.54) is 20.4 Å². The minimum atomic E-state index is -0.543. The third-order valence-corrected chi connectivity index (χ3v) is 2.48. The molecular formula is C12H12N2O4. The number of hydrogen-bond acceptors (Lipinski definition) is 4. The lowest BCUT2D eigenvalue weighted by Crippen LogP contribution is -2.22. The third-order valence-electron chi connectivity index (χ3n) is 2.48. The smallest absolute Gasteiger partial charge is 0.325 e. The summed E-state index contributed by atoms with van der Waals surface area (Å²) in [7, 11) is 3.05. The Morgan fingerprint density at radius 2 is 1.61 bits per heavy atom. The summed E-state index contributed by atoms with van der Waals surface area (Å²) in [5.74, 6) is 1.13. The van der Waals surface area contributed by atoms with Gasteiger partial charge in [0.05, 0.1) is 19.8 Å². The molecule has 1 heterocycles. The fraction of sp³-hybridized carbons (Fsp3) is 0.167. The standard InChI is InChI=1S/C12H12N2O4/c1-17-8-3-7(4-9(5-8)18-2)10-6-13-12(16)14-11(10)15/h3-6H,1-2H3,(H2,13,14,15,16). The van der Waals surface area contributed by atoms with Crippen molar-refractivity contribution in [1.82, 2.24) is 9.97 Å². The predicted octanol–water partition coefficient (Wildman–Crippen LogP) is 0.747. The Labute approximate surface area is 102 Å². The average molecular weight is 248 g/mol. The lowest BCUT2D eigenvalue weighted by Gasteiger charge is -2.07. The summed E-state index contributed by atoms with van der Waals surface area (Å²) in [5.41, 5.74) is -0.0665. The molecule has 18 heavy (non-hydrogen) atoms. The quantitative estimate of drug-likeness (QED) is 0.839. The fourth-order valence-electron chi connectivity index (χ4n) is 1.59. The number of benzene rings is 1. The molecule has 2 rings (SSSR count). The van der Waals surface area contributed by atoms with E-state index in [0.717, 1.165) is 0 Å². The molecule has 6 heteroatoms. The maximum Gasteiger partial charge on any atom is 0.325 e. The molecular weight excluding hydrogens is 236 g/mol. The van der Waals surface area contributed by atoms with Crippen molar-refractivity contribution < 1.29 is 9.47 Å². The zero-order valence-corrected chi connectivity index (χ0v) is 9.94. The molecule has 2 aromatic rings. The van der Waals surface area contributed by atoms with Gasteiger partial charge in [-0.15, -0.1) is 0 Å². The minimum absolute atomic E-state index is 0.340. The van der Waals surface area contributed by atoms with Crippen molar-refractivity contribution in [2.24, 2.45) is 0 Å². The fourth-order valence-corrected chi connectivity index (χ4v) is 1.59. The van der Waals surface area contributed by atoms with Gasteiger partial charge in [0.2, 0.25) is 0 Å². The highest BCUT2D eigenvalue weighted by Gasteiger charge is 2.08. The lowest BCUT2D eigenvalue weighted by molar-refractivity contribution is 0.394. The minimum Gasteiger partial charge on any atom is -0.497 e. The molecule has 0 radical (unpaired) electrons. The van der Waals surface area contributed by atoms with Gasteiger partial charge in [0.1, 0.15) is 11.5 Å². The molecule has 6 nitrogen and oxygen atoms in total. The van der Waals surface area contributed by atoms with Crippen LogP contribution in [0.5, 0.6) is 11.5 Å². The maximum atomic E-state index is 11.7. The van der Waals surface area contributed by atoms with Gasteiger partial charge in [-0.3, -0.25) is 9.78 Å². The molecule has 0 spiro atoms. The SMILES string of the molecule is COc1cc(OC)cc(-c2c[nH]c(=O)[nH]c2=O)c1. The van der Waals surface area contributed by atoms with Crippen LogP contribution >= 0.6 is 0 Å². The molecule has 0 aliphatic rings. The Balaban J connectivity index is 2.62. The van der Waals surface area contributed by atoms with Crippen molar-refractivity contribution in [3.05, 3.63) is 45.2 Å². The number of methoxy groups -OCH3 is 2. The van der Waals surface area contributed by atoms with Crippen molar-refractivity contribution in [3.8, 4) is 22.6 Å². The summed E-state index contributed by atoms with van der Waals surface area (Å²) < 4.78 is 10.2. The summed E-state index contributed by atoms with van der Waals surface area (Å²) in [5, 5.41) is 0. The van der Waals surface area contributed by atoms with Gasteiger partial charge in [-0.05, 0) is 17.7 Å². The van der Waals surface area contributed by atoms with Crippen molar-refractivity contribution in [3.63, 3.8) is 0 Å². The molecule has 0 saturated heterocycles. The number of aromatic amines is 2. The van der Waals surface area contributed by atoms with Crippen LogP contribution in [0.15, 0.2) is 34.0 Å². The van der Waals surface area contributed by atoms with Crippen LogP contribution in [0.1, 0.15) is 0 Å². The van der Waals surface area contributed by atoms with Gasteiger partial charge in [-0.2, -0.15) is 0 Å². The van der Waals surface area contributed by atoms with E-state index in [2.05, 4.69) is 9.97 Å². The molecule has 2 N–H and O–H groups in total. The van der Waals surface area contributed by atoms with Gasteiger partial charge in [0, 0.05) is 12.3 Å². The van der Waals surface area contributed by atoms with E-state index in [9.17, 15) is 9.59 Å². The summed E-state index contributed by atoms with van der Waals surface area (Å²) in [6.07, 6.45) is 1.36. The first-order chi connectivity index (χ1) is 8.63. The molecule has 0 amide bonds. The van der Waals surface area contributed by atoms with Crippen LogP contribution in [0.2, 0.25) is 0 Å². The van der Waals surface area contributed by atoms with Crippen LogP contribution in [-0.4, -0.2) is 24.2 Å². The Morgan fingerprint density at radius 3 is 2.11 bits per heavy atom. The van der Waals surface area contributed by atoms with Crippen LogP contribution in [0.3, 0.4) is 0 Å². The van der Waals surface area contributed by atoms with Crippen LogP contribution in [0.4, 0.5) is 0 Å². The molecule has 94 valence electrons. The first kappa shape index (κ1) is 12.0. The van der Waals surface area contributed by atoms with Crippen molar-refractivity contribution >= 4 is 0 Å². The normalized spacial score (nSPS) is 10.1. The monoisotopic (exact) mass is 248 g/mol. The lowest BCUT2D eigenvalue weighted by atomic mass is 10.1. The Morgan fingerprint density at radius 1 is 1.00 bits per heavy atom. The highest BCUT2D eigenvalue weighted by Crippen LogP contribution is 2.27. The molecule has 1 aromatic carbocycles. The second-order valence-corrected chi connectivity index (χ2v) is 3.59. The van der Waals surface area contributed by atoms with Crippen LogP contribution in [0, 0.1) is 0 Å². The summed E-state index contributed by atoms with van der Waals surface area (Å²) in [6.45, 7) is 0. The number of hydrogen-bond donors (Lipinski definition) is 2. The second-order valence-electron chi connectivity index (χ2n) is 3.59. The van der Waals surface area contributed by atoms with Crippen LogP contribution < -0.4 is 20.7 Å². The van der Waals surface area contributed by atoms with E-state index in [0.29, 0.717) is 22.6 Å². The molecule has 0 bridgehead atoms. The van der Waals surface area contributed by atoms with E-state index in [1.54, 1.807) is 18.2 Å². The van der Waals surface area contributed by atoms with Gasteiger partial charge in [-0.25, -0.2) is 4.79 Å². The predicted molar refractivity (Wildman–Crippen MR) is 66.2 cm³/mol. The van der Waals surface area contributed by atoms with Crippen LogP contribution in [0.25, 0.3) is 11.1 Å². The van der Waals surface area contributed by atoms with E-state index in [1.807, 2.05) is 0 Å². The number of nitrogens with one attached hydrogen (secondary N) is 2. The number of rotatable bonds is 3. The van der Waals surface area contributed by atoms with Gasteiger partial charge in [0.15, 0.2) is 0 Å². The molecule has 0 fully saturated rings. The number of aromatic nitrogens is 2. The average Bonchev–Trinajstić information content (AvgIpc) is 2.38. The highest BCUT2D eigenvalue weighted by atomic mass is 16.5. The first-order valence-corrected chi connectivity index (χ1v) is 5.19. The Bertz CT molecular complexity index is 650. The largest absolute Gasteiger partial charge is 0.497 e. The molecule has 0 aliphatic heterocycles. The number of H-pyrrole nitrogens is 2. The van der Waals surface area contributed by atoms with Crippen LogP contribution in [-0.2, 0) is 0 Å².